The van der Waals surface area contributed by atoms with Crippen LogP contribution in [0.25, 0.3) is 5.69 Å². The summed E-state index contributed by atoms with van der Waals surface area (Å²) in [7, 11) is 0. The molecule has 0 saturated heterocycles. The minimum atomic E-state index is -4.77. The number of para-hydroxylation sites is 1. The number of H-pyrrole nitrogens is 1. The van der Waals surface area contributed by atoms with Crippen LogP contribution in [0.4, 0.5) is 13.2 Å². The van der Waals surface area contributed by atoms with Gasteiger partial charge in [-0.1, -0.05) is 42.5 Å². The Morgan fingerprint density at radius 2 is 1.69 bits per heavy atom. The van der Waals surface area contributed by atoms with Crippen LogP contribution in [0.1, 0.15) is 23.6 Å². The van der Waals surface area contributed by atoms with E-state index in [2.05, 4.69) is 4.99 Å². The minimum absolute atomic E-state index is 0.0749. The predicted molar refractivity (Wildman–Crippen MR) is 102 cm³/mol. The summed E-state index contributed by atoms with van der Waals surface area (Å²) in [6.07, 6.45) is -4.77. The lowest BCUT2D eigenvalue weighted by molar-refractivity contribution is -0.137. The van der Waals surface area contributed by atoms with Crippen molar-refractivity contribution in [3.63, 3.8) is 0 Å². The van der Waals surface area contributed by atoms with Gasteiger partial charge in [-0.15, -0.1) is 0 Å². The summed E-state index contributed by atoms with van der Waals surface area (Å²) in [5, 5.41) is 10.6. The third-order valence-corrected chi connectivity index (χ3v) is 4.24. The molecule has 0 aliphatic carbocycles. The first-order valence-corrected chi connectivity index (χ1v) is 8.50. The summed E-state index contributed by atoms with van der Waals surface area (Å²) in [5.41, 5.74) is -3.33. The summed E-state index contributed by atoms with van der Waals surface area (Å²) in [5.74, 6) is -0.912. The van der Waals surface area contributed by atoms with Crippen LogP contribution < -0.4 is 11.2 Å². The molecule has 0 spiro atoms. The lowest BCUT2D eigenvalue weighted by Gasteiger charge is -2.16. The van der Waals surface area contributed by atoms with Crippen LogP contribution in [0.3, 0.4) is 0 Å². The molecule has 0 bridgehead atoms. The van der Waals surface area contributed by atoms with Crippen LogP contribution in [0.5, 0.6) is 5.88 Å². The fraction of sp³-hybridized carbons (Fsp3) is 0.150. The number of halogens is 3. The standard InChI is InChI=1S/C20H16F3N3O3/c1-12(24-11-13-7-3-2-4-8-13)16-17(27)25-19(29)26(18(16)28)15-10-6-5-9-14(15)20(21,22)23/h2-10,28H,11H2,1H3,(H,25,27,29). The number of aromatic hydroxyl groups is 1. The van der Waals surface area contributed by atoms with Crippen molar-refractivity contribution in [1.82, 2.24) is 9.55 Å². The van der Waals surface area contributed by atoms with Crippen molar-refractivity contribution >= 4 is 5.71 Å². The van der Waals surface area contributed by atoms with Crippen molar-refractivity contribution in [1.29, 1.82) is 0 Å². The average Bonchev–Trinajstić information content (AvgIpc) is 2.66. The van der Waals surface area contributed by atoms with Gasteiger partial charge < -0.3 is 5.11 Å². The molecule has 6 nitrogen and oxygen atoms in total. The van der Waals surface area contributed by atoms with Gasteiger partial charge in [-0.05, 0) is 24.6 Å². The highest BCUT2D eigenvalue weighted by Gasteiger charge is 2.35. The van der Waals surface area contributed by atoms with Crippen molar-refractivity contribution < 1.29 is 18.3 Å². The van der Waals surface area contributed by atoms with E-state index in [1.54, 1.807) is 24.3 Å². The first kappa shape index (κ1) is 20.1. The largest absolute Gasteiger partial charge is 0.493 e. The zero-order valence-corrected chi connectivity index (χ0v) is 15.2. The smallest absolute Gasteiger partial charge is 0.418 e. The van der Waals surface area contributed by atoms with Crippen LogP contribution in [-0.2, 0) is 12.7 Å². The zero-order valence-electron chi connectivity index (χ0n) is 15.2. The van der Waals surface area contributed by atoms with Gasteiger partial charge in [0.25, 0.3) is 5.56 Å². The Morgan fingerprint density at radius 1 is 1.07 bits per heavy atom. The topological polar surface area (TPSA) is 87.4 Å². The van der Waals surface area contributed by atoms with Gasteiger partial charge in [0, 0.05) is 0 Å². The van der Waals surface area contributed by atoms with Crippen molar-refractivity contribution in [2.75, 3.05) is 0 Å². The van der Waals surface area contributed by atoms with Crippen LogP contribution in [-0.4, -0.2) is 20.4 Å². The summed E-state index contributed by atoms with van der Waals surface area (Å²) >= 11 is 0. The van der Waals surface area contributed by atoms with Crippen molar-refractivity contribution in [2.45, 2.75) is 19.6 Å². The molecule has 3 aromatic rings. The second-order valence-electron chi connectivity index (χ2n) is 6.20. The molecule has 3 rings (SSSR count). The zero-order chi connectivity index (χ0) is 21.2. The number of hydrogen-bond acceptors (Lipinski definition) is 4. The second-order valence-corrected chi connectivity index (χ2v) is 6.20. The van der Waals surface area contributed by atoms with Gasteiger partial charge in [0.2, 0.25) is 5.88 Å². The van der Waals surface area contributed by atoms with Gasteiger partial charge in [0.15, 0.2) is 0 Å². The highest BCUT2D eigenvalue weighted by Crippen LogP contribution is 2.34. The van der Waals surface area contributed by atoms with Gasteiger partial charge in [0.1, 0.15) is 5.56 Å². The number of aromatic nitrogens is 2. The Hall–Kier alpha value is -3.62. The molecular weight excluding hydrogens is 387 g/mol. The fourth-order valence-corrected chi connectivity index (χ4v) is 2.86. The van der Waals surface area contributed by atoms with E-state index in [0.717, 1.165) is 23.8 Å². The van der Waals surface area contributed by atoms with Gasteiger partial charge in [0.05, 0.1) is 23.5 Å². The Bertz CT molecular complexity index is 1180. The van der Waals surface area contributed by atoms with E-state index in [9.17, 15) is 27.9 Å². The molecule has 2 aromatic carbocycles. The van der Waals surface area contributed by atoms with Crippen molar-refractivity contribution in [3.8, 4) is 11.6 Å². The van der Waals surface area contributed by atoms with Gasteiger partial charge in [-0.25, -0.2) is 9.36 Å². The van der Waals surface area contributed by atoms with E-state index in [-0.39, 0.29) is 17.8 Å². The van der Waals surface area contributed by atoms with Gasteiger partial charge >= 0.3 is 11.9 Å². The third kappa shape index (κ3) is 4.13. The van der Waals surface area contributed by atoms with E-state index in [1.807, 2.05) is 11.1 Å². The molecule has 1 heterocycles. The molecule has 2 N–H and O–H groups in total. The van der Waals surface area contributed by atoms with Crippen LogP contribution in [0, 0.1) is 0 Å². The van der Waals surface area contributed by atoms with Crippen LogP contribution in [0.15, 0.2) is 69.2 Å². The molecule has 1 aromatic heterocycles. The summed E-state index contributed by atoms with van der Waals surface area (Å²) in [6, 6.07) is 13.3. The number of aromatic amines is 1. The maximum absolute atomic E-state index is 13.4. The molecule has 0 aliphatic rings. The Morgan fingerprint density at radius 3 is 2.34 bits per heavy atom. The minimum Gasteiger partial charge on any atom is -0.493 e. The lowest BCUT2D eigenvalue weighted by Crippen LogP contribution is -2.33. The molecule has 150 valence electrons. The van der Waals surface area contributed by atoms with Crippen molar-refractivity contribution in [2.24, 2.45) is 4.99 Å². The highest BCUT2D eigenvalue weighted by atomic mass is 19.4. The number of benzene rings is 2. The quantitative estimate of drug-likeness (QED) is 0.656. The maximum Gasteiger partial charge on any atom is 0.418 e. The van der Waals surface area contributed by atoms with E-state index < -0.39 is 34.6 Å². The number of nitrogens with zero attached hydrogens (tertiary/aromatic N) is 2. The SMILES string of the molecule is CC(=NCc1ccccc1)c1c(O)n(-c2ccccc2C(F)(F)F)c(=O)[nH]c1=O. The number of rotatable bonds is 4. The first-order chi connectivity index (χ1) is 13.7. The van der Waals surface area contributed by atoms with E-state index in [1.165, 1.54) is 13.0 Å². The molecule has 0 unspecified atom stereocenters. The number of hydrogen-bond donors (Lipinski definition) is 2. The Balaban J connectivity index is 2.16. The normalized spacial score (nSPS) is 12.2. The predicted octanol–water partition coefficient (Wildman–Crippen LogP) is 3.26. The first-order valence-electron chi connectivity index (χ1n) is 8.50. The van der Waals surface area contributed by atoms with Gasteiger partial charge in [-0.3, -0.25) is 14.8 Å². The monoisotopic (exact) mass is 403 g/mol. The molecule has 0 radical (unpaired) electrons. The van der Waals surface area contributed by atoms with Gasteiger partial charge in [-0.2, -0.15) is 13.2 Å². The number of aliphatic imine (C=N–C) groups is 1. The highest BCUT2D eigenvalue weighted by molar-refractivity contribution is 6.00. The Labute approximate surface area is 162 Å². The van der Waals surface area contributed by atoms with E-state index >= 15 is 0 Å². The maximum atomic E-state index is 13.4. The van der Waals surface area contributed by atoms with Crippen LogP contribution in [0.2, 0.25) is 0 Å². The average molecular weight is 403 g/mol. The third-order valence-electron chi connectivity index (χ3n) is 4.24. The molecule has 29 heavy (non-hydrogen) atoms. The molecule has 0 amide bonds. The van der Waals surface area contributed by atoms with Crippen LogP contribution >= 0.6 is 0 Å². The molecule has 0 fully saturated rings. The second kappa shape index (κ2) is 7.78. The number of alkyl halides is 3. The molecule has 9 heteroatoms. The molecule has 0 saturated carbocycles. The summed E-state index contributed by atoms with van der Waals surface area (Å²) in [4.78, 5) is 30.7. The molecule has 0 aliphatic heterocycles. The Kier molecular flexibility index (Phi) is 5.40. The summed E-state index contributed by atoms with van der Waals surface area (Å²) in [6.45, 7) is 1.61. The number of nitrogens with one attached hydrogen (secondary N) is 1. The van der Waals surface area contributed by atoms with E-state index in [0.29, 0.717) is 4.57 Å². The molecular formula is C20H16F3N3O3. The fourth-order valence-electron chi connectivity index (χ4n) is 2.86. The van der Waals surface area contributed by atoms with Crippen molar-refractivity contribution in [3.05, 3.63) is 92.1 Å². The summed E-state index contributed by atoms with van der Waals surface area (Å²) < 4.78 is 40.5. The van der Waals surface area contributed by atoms with E-state index in [4.69, 9.17) is 0 Å². The molecule has 0 atom stereocenters. The lowest BCUT2D eigenvalue weighted by atomic mass is 10.1.